The topological polar surface area (TPSA) is 66.9 Å². The summed E-state index contributed by atoms with van der Waals surface area (Å²) in [5, 5.41) is 5.92. The van der Waals surface area contributed by atoms with Crippen molar-refractivity contribution < 1.29 is 4.79 Å². The third kappa shape index (κ3) is 3.69. The van der Waals surface area contributed by atoms with Gasteiger partial charge in [0.1, 0.15) is 11.5 Å². The molecule has 114 valence electrons. The average Bonchev–Trinajstić information content (AvgIpc) is 2.49. The maximum atomic E-state index is 12.3. The molecule has 2 rings (SSSR count). The Morgan fingerprint density at radius 1 is 1.18 bits per heavy atom. The van der Waals surface area contributed by atoms with E-state index in [2.05, 4.69) is 27.2 Å². The van der Waals surface area contributed by atoms with Gasteiger partial charge in [0.15, 0.2) is 0 Å². The molecule has 5 heteroatoms. The first kappa shape index (κ1) is 15.7. The maximum absolute atomic E-state index is 12.3. The third-order valence-electron chi connectivity index (χ3n) is 3.23. The molecule has 2 N–H and O–H groups in total. The molecule has 5 nitrogen and oxygen atoms in total. The molecule has 0 bridgehead atoms. The van der Waals surface area contributed by atoms with Gasteiger partial charge in [0.2, 0.25) is 0 Å². The van der Waals surface area contributed by atoms with Gasteiger partial charge in [-0.1, -0.05) is 23.8 Å². The van der Waals surface area contributed by atoms with Gasteiger partial charge in [0.25, 0.3) is 5.91 Å². The van der Waals surface area contributed by atoms with Crippen LogP contribution < -0.4 is 10.6 Å². The molecule has 0 aliphatic heterocycles. The highest BCUT2D eigenvalue weighted by atomic mass is 16.1. The minimum Gasteiger partial charge on any atom is -0.365 e. The molecule has 0 fully saturated rings. The lowest BCUT2D eigenvalue weighted by Crippen LogP contribution is -2.16. The summed E-state index contributed by atoms with van der Waals surface area (Å²) in [6.45, 7) is 10.2. The second kappa shape index (κ2) is 6.85. The number of aromatic nitrogens is 2. The van der Waals surface area contributed by atoms with E-state index in [9.17, 15) is 4.79 Å². The molecular weight excluding hydrogens is 276 g/mol. The van der Waals surface area contributed by atoms with Crippen molar-refractivity contribution in [2.24, 2.45) is 0 Å². The molecule has 1 heterocycles. The van der Waals surface area contributed by atoms with Crippen LogP contribution >= 0.6 is 0 Å². The van der Waals surface area contributed by atoms with Gasteiger partial charge < -0.3 is 10.6 Å². The summed E-state index contributed by atoms with van der Waals surface area (Å²) < 4.78 is 0. The molecule has 1 aromatic heterocycles. The average molecular weight is 296 g/mol. The molecule has 0 aliphatic rings. The fraction of sp³-hybridized carbons (Fsp3) is 0.235. The Morgan fingerprint density at radius 2 is 1.86 bits per heavy atom. The van der Waals surface area contributed by atoms with E-state index in [1.165, 1.54) is 18.0 Å². The van der Waals surface area contributed by atoms with E-state index in [1.807, 2.05) is 32.9 Å². The molecule has 0 saturated heterocycles. The lowest BCUT2D eigenvalue weighted by atomic mass is 10.1. The SMILES string of the molecule is C=CCNc1cnc(C(=O)Nc2c(C)cc(C)cc2C)cn1. The first-order valence-electron chi connectivity index (χ1n) is 7.07. The van der Waals surface area contributed by atoms with Crippen molar-refractivity contribution in [1.29, 1.82) is 0 Å². The van der Waals surface area contributed by atoms with E-state index in [4.69, 9.17) is 0 Å². The van der Waals surface area contributed by atoms with Crippen LogP contribution in [0.5, 0.6) is 0 Å². The van der Waals surface area contributed by atoms with Crippen molar-refractivity contribution in [3.63, 3.8) is 0 Å². The highest BCUT2D eigenvalue weighted by Crippen LogP contribution is 2.22. The van der Waals surface area contributed by atoms with Crippen LogP contribution in [0.25, 0.3) is 0 Å². The van der Waals surface area contributed by atoms with Crippen molar-refractivity contribution in [2.45, 2.75) is 20.8 Å². The first-order chi connectivity index (χ1) is 10.5. The number of carbonyl (C=O) groups is 1. The predicted molar refractivity (Wildman–Crippen MR) is 89.3 cm³/mol. The fourth-order valence-electron chi connectivity index (χ4n) is 2.27. The monoisotopic (exact) mass is 296 g/mol. The van der Waals surface area contributed by atoms with Crippen molar-refractivity contribution in [3.05, 3.63) is 59.6 Å². The van der Waals surface area contributed by atoms with Gasteiger partial charge in [-0.25, -0.2) is 9.97 Å². The van der Waals surface area contributed by atoms with Gasteiger partial charge in [-0.05, 0) is 31.9 Å². The largest absolute Gasteiger partial charge is 0.365 e. The number of carbonyl (C=O) groups excluding carboxylic acids is 1. The fourth-order valence-corrected chi connectivity index (χ4v) is 2.27. The van der Waals surface area contributed by atoms with Crippen molar-refractivity contribution in [3.8, 4) is 0 Å². The van der Waals surface area contributed by atoms with Crippen LogP contribution in [-0.4, -0.2) is 22.4 Å². The zero-order valence-electron chi connectivity index (χ0n) is 13.1. The Bertz CT molecular complexity index is 669. The normalized spacial score (nSPS) is 10.1. The zero-order valence-corrected chi connectivity index (χ0v) is 13.1. The molecule has 0 saturated carbocycles. The first-order valence-corrected chi connectivity index (χ1v) is 7.07. The van der Waals surface area contributed by atoms with Crippen LogP contribution in [0, 0.1) is 20.8 Å². The number of rotatable bonds is 5. The number of nitrogens with one attached hydrogen (secondary N) is 2. The number of anilines is 2. The summed E-state index contributed by atoms with van der Waals surface area (Å²) in [6.07, 6.45) is 4.72. The number of hydrogen-bond donors (Lipinski definition) is 2. The van der Waals surface area contributed by atoms with Crippen molar-refractivity contribution in [2.75, 3.05) is 17.2 Å². The summed E-state index contributed by atoms with van der Waals surface area (Å²) >= 11 is 0. The predicted octanol–water partition coefficient (Wildman–Crippen LogP) is 3.25. The van der Waals surface area contributed by atoms with Gasteiger partial charge >= 0.3 is 0 Å². The molecule has 1 amide bonds. The summed E-state index contributed by atoms with van der Waals surface area (Å²) in [4.78, 5) is 20.6. The smallest absolute Gasteiger partial charge is 0.275 e. The highest BCUT2D eigenvalue weighted by molar-refractivity contribution is 6.03. The Morgan fingerprint density at radius 3 is 2.41 bits per heavy atom. The molecule has 0 spiro atoms. The molecule has 0 radical (unpaired) electrons. The minimum absolute atomic E-state index is 0.266. The molecule has 0 unspecified atom stereocenters. The quantitative estimate of drug-likeness (QED) is 0.831. The lowest BCUT2D eigenvalue weighted by Gasteiger charge is -2.12. The summed E-state index contributed by atoms with van der Waals surface area (Å²) in [7, 11) is 0. The summed E-state index contributed by atoms with van der Waals surface area (Å²) in [5.74, 6) is 0.344. The van der Waals surface area contributed by atoms with Crippen LogP contribution in [0.15, 0.2) is 37.2 Å². The number of nitrogens with zero attached hydrogens (tertiary/aromatic N) is 2. The zero-order chi connectivity index (χ0) is 16.1. The summed E-state index contributed by atoms with van der Waals surface area (Å²) in [5.41, 5.74) is 4.34. The standard InChI is InChI=1S/C17H20N4O/c1-5-6-18-15-10-19-14(9-20-15)17(22)21-16-12(3)7-11(2)8-13(16)4/h5,7-10H,1,6H2,2-4H3,(H,18,20)(H,21,22). The second-order valence-corrected chi connectivity index (χ2v) is 5.18. The third-order valence-corrected chi connectivity index (χ3v) is 3.23. The maximum Gasteiger partial charge on any atom is 0.275 e. The lowest BCUT2D eigenvalue weighted by molar-refractivity contribution is 0.102. The summed E-state index contributed by atoms with van der Waals surface area (Å²) in [6, 6.07) is 4.08. The second-order valence-electron chi connectivity index (χ2n) is 5.18. The van der Waals surface area contributed by atoms with Gasteiger partial charge in [-0.3, -0.25) is 4.79 Å². The van der Waals surface area contributed by atoms with Crippen LogP contribution in [-0.2, 0) is 0 Å². The van der Waals surface area contributed by atoms with Crippen LogP contribution in [0.4, 0.5) is 11.5 Å². The molecule has 2 aromatic rings. The van der Waals surface area contributed by atoms with E-state index in [0.717, 1.165) is 16.8 Å². The van der Waals surface area contributed by atoms with Gasteiger partial charge in [-0.2, -0.15) is 0 Å². The van der Waals surface area contributed by atoms with Crippen LogP contribution in [0.1, 0.15) is 27.2 Å². The molecular formula is C17H20N4O. The molecule has 22 heavy (non-hydrogen) atoms. The Hall–Kier alpha value is -2.69. The van der Waals surface area contributed by atoms with Gasteiger partial charge in [-0.15, -0.1) is 6.58 Å². The van der Waals surface area contributed by atoms with Crippen molar-refractivity contribution >= 4 is 17.4 Å². The van der Waals surface area contributed by atoms with Crippen LogP contribution in [0.3, 0.4) is 0 Å². The van der Waals surface area contributed by atoms with E-state index in [1.54, 1.807) is 6.08 Å². The highest BCUT2D eigenvalue weighted by Gasteiger charge is 2.12. The molecule has 1 aromatic carbocycles. The van der Waals surface area contributed by atoms with Gasteiger partial charge in [0.05, 0.1) is 12.4 Å². The molecule has 0 atom stereocenters. The van der Waals surface area contributed by atoms with Gasteiger partial charge in [0, 0.05) is 12.2 Å². The molecule has 0 aliphatic carbocycles. The Kier molecular flexibility index (Phi) is 4.88. The number of benzene rings is 1. The van der Waals surface area contributed by atoms with Crippen molar-refractivity contribution in [1.82, 2.24) is 9.97 Å². The Labute approximate surface area is 130 Å². The van der Waals surface area contributed by atoms with E-state index in [-0.39, 0.29) is 11.6 Å². The van der Waals surface area contributed by atoms with E-state index in [0.29, 0.717) is 12.4 Å². The van der Waals surface area contributed by atoms with Crippen LogP contribution in [0.2, 0.25) is 0 Å². The number of amides is 1. The Balaban J connectivity index is 2.14. The van der Waals surface area contributed by atoms with E-state index < -0.39 is 0 Å². The minimum atomic E-state index is -0.266. The van der Waals surface area contributed by atoms with E-state index >= 15 is 0 Å². The number of hydrogen-bond acceptors (Lipinski definition) is 4. The number of aryl methyl sites for hydroxylation is 3.